The van der Waals surface area contributed by atoms with Gasteiger partial charge in [0.25, 0.3) is 10.0 Å². The summed E-state index contributed by atoms with van der Waals surface area (Å²) in [5, 5.41) is 10.7. The fourth-order valence-corrected chi connectivity index (χ4v) is 3.22. The maximum absolute atomic E-state index is 13.3. The summed E-state index contributed by atoms with van der Waals surface area (Å²) in [6.45, 7) is 0. The van der Waals surface area contributed by atoms with Crippen LogP contribution in [0.2, 0.25) is 0 Å². The van der Waals surface area contributed by atoms with Gasteiger partial charge in [0.2, 0.25) is 5.82 Å². The molecule has 0 fully saturated rings. The molecule has 0 bridgehead atoms. The molecular weight excluding hydrogens is 359 g/mol. The predicted octanol–water partition coefficient (Wildman–Crippen LogP) is 3.71. The van der Waals surface area contributed by atoms with Crippen LogP contribution < -0.4 is 4.72 Å². The molecule has 1 N–H and O–H groups in total. The molecule has 9 heteroatoms. The Morgan fingerprint density at radius 2 is 1.83 bits per heavy atom. The number of halogens is 2. The highest BCUT2D eigenvalue weighted by Crippen LogP contribution is 2.24. The second kappa shape index (κ2) is 7.59. The van der Waals surface area contributed by atoms with Gasteiger partial charge in [-0.3, -0.25) is 14.8 Å². The summed E-state index contributed by atoms with van der Waals surface area (Å²) < 4.78 is 40.1. The highest BCUT2D eigenvalue weighted by molar-refractivity contribution is 7.92. The number of anilines is 1. The lowest BCUT2D eigenvalue weighted by atomic mass is 10.1. The zero-order valence-corrected chi connectivity index (χ0v) is 14.0. The molecule has 0 aliphatic carbocycles. The first-order valence-corrected chi connectivity index (χ1v) is 8.97. The first-order chi connectivity index (χ1) is 11.3. The summed E-state index contributed by atoms with van der Waals surface area (Å²) in [7, 11) is -3.93. The molecule has 0 saturated carbocycles. The van der Waals surface area contributed by atoms with Crippen molar-refractivity contribution >= 4 is 33.0 Å². The molecule has 24 heavy (non-hydrogen) atoms. The summed E-state index contributed by atoms with van der Waals surface area (Å²) in [6.07, 6.45) is 1.52. The van der Waals surface area contributed by atoms with Gasteiger partial charge in [0.1, 0.15) is 0 Å². The van der Waals surface area contributed by atoms with Crippen LogP contribution in [0.15, 0.2) is 47.4 Å². The Morgan fingerprint density at radius 1 is 1.17 bits per heavy atom. The topological polar surface area (TPSA) is 89.3 Å². The molecule has 0 spiro atoms. The van der Waals surface area contributed by atoms with Crippen molar-refractivity contribution in [3.63, 3.8) is 0 Å². The van der Waals surface area contributed by atoms with Crippen LogP contribution in [0, 0.1) is 15.9 Å². The quantitative estimate of drug-likeness (QED) is 0.456. The fourth-order valence-electron chi connectivity index (χ4n) is 2.04. The Hall–Kier alpha value is -2.19. The number of alkyl halides is 1. The van der Waals surface area contributed by atoms with E-state index in [2.05, 4.69) is 4.72 Å². The zero-order valence-electron chi connectivity index (χ0n) is 12.4. The SMILES string of the molecule is O=[N+]([O-])c1cc(NS(=O)(=O)c2ccc(CCCCl)cc2)ccc1F. The van der Waals surface area contributed by atoms with Crippen molar-refractivity contribution in [1.82, 2.24) is 0 Å². The lowest BCUT2D eigenvalue weighted by Gasteiger charge is -2.09. The second-order valence-corrected chi connectivity index (χ2v) is 7.03. The Balaban J connectivity index is 2.22. The van der Waals surface area contributed by atoms with Crippen molar-refractivity contribution in [3.8, 4) is 0 Å². The molecule has 0 amide bonds. The molecule has 128 valence electrons. The Bertz CT molecular complexity index is 841. The van der Waals surface area contributed by atoms with Crippen molar-refractivity contribution < 1.29 is 17.7 Å². The number of benzene rings is 2. The van der Waals surface area contributed by atoms with Crippen LogP contribution in [0.5, 0.6) is 0 Å². The predicted molar refractivity (Wildman–Crippen MR) is 89.3 cm³/mol. The van der Waals surface area contributed by atoms with Crippen LogP contribution in [0.3, 0.4) is 0 Å². The first kappa shape index (κ1) is 18.2. The minimum Gasteiger partial charge on any atom is -0.279 e. The van der Waals surface area contributed by atoms with Crippen LogP contribution in [0.4, 0.5) is 15.8 Å². The van der Waals surface area contributed by atoms with Crippen molar-refractivity contribution in [2.24, 2.45) is 0 Å². The van der Waals surface area contributed by atoms with Gasteiger partial charge in [0.05, 0.1) is 15.5 Å². The minimum absolute atomic E-state index is 0.00380. The molecule has 2 aromatic rings. The van der Waals surface area contributed by atoms with E-state index >= 15 is 0 Å². The van der Waals surface area contributed by atoms with Gasteiger partial charge in [0.15, 0.2) is 0 Å². The third-order valence-electron chi connectivity index (χ3n) is 3.23. The van der Waals surface area contributed by atoms with Crippen LogP contribution in [-0.4, -0.2) is 19.2 Å². The smallest absolute Gasteiger partial charge is 0.279 e. The highest BCUT2D eigenvalue weighted by Gasteiger charge is 2.18. The molecule has 0 atom stereocenters. The number of nitrogens with zero attached hydrogens (tertiary/aromatic N) is 1. The second-order valence-electron chi connectivity index (χ2n) is 4.97. The standard InChI is InChI=1S/C15H14ClFN2O4S/c16-9-1-2-11-3-6-13(7-4-11)24(22,23)18-12-5-8-14(17)15(10-12)19(20)21/h3-8,10,18H,1-2,9H2. The van der Waals surface area contributed by atoms with Crippen molar-refractivity contribution in [2.75, 3.05) is 10.6 Å². The Kier molecular flexibility index (Phi) is 5.74. The number of sulfonamides is 1. The number of rotatable bonds is 7. The number of nitro groups is 1. The molecule has 0 heterocycles. The zero-order chi connectivity index (χ0) is 17.7. The van der Waals surface area contributed by atoms with Crippen LogP contribution in [0.1, 0.15) is 12.0 Å². The van der Waals surface area contributed by atoms with Crippen LogP contribution in [0.25, 0.3) is 0 Å². The van der Waals surface area contributed by atoms with Gasteiger partial charge >= 0.3 is 5.69 Å². The average molecular weight is 373 g/mol. The molecule has 2 aromatic carbocycles. The number of nitro benzene ring substituents is 1. The third-order valence-corrected chi connectivity index (χ3v) is 4.89. The number of hydrogen-bond donors (Lipinski definition) is 1. The Morgan fingerprint density at radius 3 is 2.42 bits per heavy atom. The lowest BCUT2D eigenvalue weighted by Crippen LogP contribution is -2.13. The van der Waals surface area contributed by atoms with Crippen molar-refractivity contribution in [3.05, 3.63) is 64.0 Å². The van der Waals surface area contributed by atoms with E-state index in [9.17, 15) is 22.9 Å². The summed E-state index contributed by atoms with van der Waals surface area (Å²) in [5.41, 5.74) is 0.0629. The molecule has 0 aliphatic heterocycles. The lowest BCUT2D eigenvalue weighted by molar-refractivity contribution is -0.387. The van der Waals surface area contributed by atoms with Crippen molar-refractivity contribution in [1.29, 1.82) is 0 Å². The highest BCUT2D eigenvalue weighted by atomic mass is 35.5. The summed E-state index contributed by atoms with van der Waals surface area (Å²) in [6, 6.07) is 9.01. The van der Waals surface area contributed by atoms with E-state index < -0.39 is 26.5 Å². The normalized spacial score (nSPS) is 11.2. The molecule has 0 saturated heterocycles. The third kappa shape index (κ3) is 4.42. The summed E-state index contributed by atoms with van der Waals surface area (Å²) in [5.74, 6) is -0.517. The minimum atomic E-state index is -3.93. The largest absolute Gasteiger partial charge is 0.306 e. The van der Waals surface area contributed by atoms with E-state index in [0.717, 1.165) is 36.6 Å². The van der Waals surface area contributed by atoms with Gasteiger partial charge in [-0.05, 0) is 42.7 Å². The average Bonchev–Trinajstić information content (AvgIpc) is 2.54. The van der Waals surface area contributed by atoms with E-state index in [4.69, 9.17) is 11.6 Å². The molecule has 0 unspecified atom stereocenters. The number of nitrogens with one attached hydrogen (secondary N) is 1. The maximum Gasteiger partial charge on any atom is 0.306 e. The first-order valence-electron chi connectivity index (χ1n) is 6.95. The van der Waals surface area contributed by atoms with E-state index in [0.29, 0.717) is 5.88 Å². The maximum atomic E-state index is 13.3. The molecule has 0 radical (unpaired) electrons. The van der Waals surface area contributed by atoms with E-state index in [-0.39, 0.29) is 10.6 Å². The van der Waals surface area contributed by atoms with E-state index in [1.165, 1.54) is 12.1 Å². The van der Waals surface area contributed by atoms with Crippen molar-refractivity contribution in [2.45, 2.75) is 17.7 Å². The van der Waals surface area contributed by atoms with Gasteiger partial charge in [-0.25, -0.2) is 8.42 Å². The number of aryl methyl sites for hydroxylation is 1. The molecule has 0 aliphatic rings. The van der Waals surface area contributed by atoms with Gasteiger partial charge in [-0.2, -0.15) is 4.39 Å². The Labute approximate surface area is 143 Å². The van der Waals surface area contributed by atoms with Gasteiger partial charge in [-0.15, -0.1) is 11.6 Å². The van der Waals surface area contributed by atoms with Crippen LogP contribution >= 0.6 is 11.6 Å². The molecule has 6 nitrogen and oxygen atoms in total. The van der Waals surface area contributed by atoms with E-state index in [1.54, 1.807) is 12.1 Å². The fraction of sp³-hybridized carbons (Fsp3) is 0.200. The number of hydrogen-bond acceptors (Lipinski definition) is 4. The monoisotopic (exact) mass is 372 g/mol. The summed E-state index contributed by atoms with van der Waals surface area (Å²) in [4.78, 5) is 9.80. The van der Waals surface area contributed by atoms with E-state index in [1.807, 2.05) is 0 Å². The molecule has 2 rings (SSSR count). The van der Waals surface area contributed by atoms with Gasteiger partial charge < -0.3 is 0 Å². The molecule has 0 aromatic heterocycles. The summed E-state index contributed by atoms with van der Waals surface area (Å²) >= 11 is 5.61. The van der Waals surface area contributed by atoms with Gasteiger partial charge in [-0.1, -0.05) is 12.1 Å². The molecular formula is C15H14ClFN2O4S. The van der Waals surface area contributed by atoms with Crippen LogP contribution in [-0.2, 0) is 16.4 Å². The van der Waals surface area contributed by atoms with Gasteiger partial charge in [0, 0.05) is 11.9 Å².